The van der Waals surface area contributed by atoms with Gasteiger partial charge in [-0.15, -0.1) is 0 Å². The van der Waals surface area contributed by atoms with E-state index < -0.39 is 17.2 Å². The van der Waals surface area contributed by atoms with Crippen molar-refractivity contribution in [3.63, 3.8) is 0 Å². The zero-order chi connectivity index (χ0) is 19.7. The molecule has 0 spiro atoms. The van der Waals surface area contributed by atoms with Crippen LogP contribution in [-0.4, -0.2) is 24.6 Å². The number of thioether (sulfide) groups is 1. The standard InChI is InChI=1S/C21H22F2N2O2S/c1-26-10-13-3-2-4-14(7-13)19-8-15-11-28-20(24)25-21(15,12-27-19)17-6-5-16(22)9-18(17)23/h2-7,9,15,19H,8,10-12H2,1H3,(H2,24,25)/t15-,19+,21-/m0/s1. The Labute approximate surface area is 167 Å². The molecule has 4 rings (SSSR count). The Balaban J connectivity index is 1.67. The Hall–Kier alpha value is -1.96. The van der Waals surface area contributed by atoms with E-state index in [4.69, 9.17) is 15.2 Å². The largest absolute Gasteiger partial charge is 0.380 e. The molecular weight excluding hydrogens is 382 g/mol. The minimum absolute atomic E-state index is 0.0228. The maximum atomic E-state index is 14.7. The quantitative estimate of drug-likeness (QED) is 0.832. The molecule has 4 nitrogen and oxygen atoms in total. The number of benzene rings is 2. The normalized spacial score (nSPS) is 27.2. The van der Waals surface area contributed by atoms with Gasteiger partial charge >= 0.3 is 0 Å². The minimum Gasteiger partial charge on any atom is -0.380 e. The topological polar surface area (TPSA) is 56.8 Å². The molecule has 3 atom stereocenters. The Morgan fingerprint density at radius 3 is 2.93 bits per heavy atom. The molecule has 2 aliphatic heterocycles. The summed E-state index contributed by atoms with van der Waals surface area (Å²) in [5.74, 6) is -0.489. The summed E-state index contributed by atoms with van der Waals surface area (Å²) in [6, 6.07) is 11.7. The molecule has 1 saturated heterocycles. The number of hydrogen-bond donors (Lipinski definition) is 1. The van der Waals surface area contributed by atoms with Crippen molar-refractivity contribution >= 4 is 16.9 Å². The molecule has 0 saturated carbocycles. The van der Waals surface area contributed by atoms with E-state index in [-0.39, 0.29) is 18.6 Å². The maximum absolute atomic E-state index is 14.7. The summed E-state index contributed by atoms with van der Waals surface area (Å²) in [5.41, 5.74) is 7.55. The second kappa shape index (κ2) is 7.81. The number of halogens is 2. The Bertz CT molecular complexity index is 908. The number of fused-ring (bicyclic) bond motifs is 1. The van der Waals surface area contributed by atoms with E-state index in [1.165, 1.54) is 23.9 Å². The van der Waals surface area contributed by atoms with E-state index in [9.17, 15) is 8.78 Å². The van der Waals surface area contributed by atoms with Crippen molar-refractivity contribution in [2.24, 2.45) is 16.6 Å². The third kappa shape index (κ3) is 3.54. The second-order valence-corrected chi connectivity index (χ2v) is 8.26. The zero-order valence-corrected chi connectivity index (χ0v) is 16.3. The summed E-state index contributed by atoms with van der Waals surface area (Å²) < 4.78 is 39.5. The number of nitrogens with zero attached hydrogens (tertiary/aromatic N) is 1. The summed E-state index contributed by atoms with van der Waals surface area (Å²) in [4.78, 5) is 4.62. The van der Waals surface area contributed by atoms with Crippen LogP contribution >= 0.6 is 11.8 Å². The molecule has 7 heteroatoms. The van der Waals surface area contributed by atoms with Crippen LogP contribution in [0.5, 0.6) is 0 Å². The molecule has 0 aliphatic carbocycles. The fourth-order valence-electron chi connectivity index (χ4n) is 4.09. The van der Waals surface area contributed by atoms with Crippen LogP contribution in [0.15, 0.2) is 47.5 Å². The van der Waals surface area contributed by atoms with Gasteiger partial charge in [-0.25, -0.2) is 13.8 Å². The van der Waals surface area contributed by atoms with Gasteiger partial charge in [-0.3, -0.25) is 0 Å². The van der Waals surface area contributed by atoms with Gasteiger partial charge < -0.3 is 15.2 Å². The molecule has 0 amide bonds. The number of ether oxygens (including phenoxy) is 2. The molecule has 148 valence electrons. The van der Waals surface area contributed by atoms with Crippen molar-refractivity contribution < 1.29 is 18.3 Å². The monoisotopic (exact) mass is 404 g/mol. The summed E-state index contributed by atoms with van der Waals surface area (Å²) in [5, 5.41) is 0.407. The third-order valence-electron chi connectivity index (χ3n) is 5.45. The zero-order valence-electron chi connectivity index (χ0n) is 15.5. The van der Waals surface area contributed by atoms with Crippen molar-refractivity contribution in [2.75, 3.05) is 19.5 Å². The lowest BCUT2D eigenvalue weighted by molar-refractivity contribution is -0.0588. The fraction of sp³-hybridized carbons (Fsp3) is 0.381. The average molecular weight is 404 g/mol. The van der Waals surface area contributed by atoms with Gasteiger partial charge in [-0.05, 0) is 23.6 Å². The van der Waals surface area contributed by atoms with Gasteiger partial charge in [-0.1, -0.05) is 42.1 Å². The first-order valence-corrected chi connectivity index (χ1v) is 10.1. The van der Waals surface area contributed by atoms with Gasteiger partial charge in [-0.2, -0.15) is 0 Å². The van der Waals surface area contributed by atoms with Gasteiger partial charge in [0, 0.05) is 30.4 Å². The predicted molar refractivity (Wildman–Crippen MR) is 106 cm³/mol. The number of hydrogen-bond acceptors (Lipinski definition) is 5. The highest BCUT2D eigenvalue weighted by atomic mass is 32.2. The molecule has 0 aromatic heterocycles. The molecule has 2 aromatic rings. The van der Waals surface area contributed by atoms with Crippen LogP contribution in [0, 0.1) is 17.6 Å². The van der Waals surface area contributed by atoms with Crippen LogP contribution < -0.4 is 5.73 Å². The summed E-state index contributed by atoms with van der Waals surface area (Å²) in [6.45, 7) is 0.728. The van der Waals surface area contributed by atoms with Gasteiger partial charge in [0.05, 0.1) is 19.3 Å². The van der Waals surface area contributed by atoms with Crippen molar-refractivity contribution in [2.45, 2.75) is 24.7 Å². The number of methoxy groups -OCH3 is 1. The van der Waals surface area contributed by atoms with Crippen LogP contribution in [-0.2, 0) is 21.6 Å². The van der Waals surface area contributed by atoms with Crippen LogP contribution in [0.25, 0.3) is 0 Å². The van der Waals surface area contributed by atoms with Crippen molar-refractivity contribution in [3.05, 3.63) is 70.8 Å². The van der Waals surface area contributed by atoms with Crippen LogP contribution in [0.4, 0.5) is 8.78 Å². The predicted octanol–water partition coefficient (Wildman–Crippen LogP) is 4.15. The summed E-state index contributed by atoms with van der Waals surface area (Å²) in [7, 11) is 1.66. The molecule has 2 heterocycles. The molecule has 0 radical (unpaired) electrons. The van der Waals surface area contributed by atoms with E-state index >= 15 is 0 Å². The highest BCUT2D eigenvalue weighted by Gasteiger charge is 2.49. The molecule has 2 aromatic carbocycles. The number of aliphatic imine (C=N–C) groups is 1. The number of rotatable bonds is 4. The molecular formula is C21H22F2N2O2S. The first-order chi connectivity index (χ1) is 13.5. The van der Waals surface area contributed by atoms with Crippen molar-refractivity contribution in [1.82, 2.24) is 0 Å². The van der Waals surface area contributed by atoms with Crippen LogP contribution in [0.1, 0.15) is 29.2 Å². The van der Waals surface area contributed by atoms with Crippen molar-refractivity contribution in [1.29, 1.82) is 0 Å². The summed E-state index contributed by atoms with van der Waals surface area (Å²) in [6.07, 6.45) is 0.561. The highest BCUT2D eigenvalue weighted by molar-refractivity contribution is 8.13. The second-order valence-electron chi connectivity index (χ2n) is 7.22. The molecule has 0 bridgehead atoms. The van der Waals surface area contributed by atoms with E-state index in [0.29, 0.717) is 29.5 Å². The molecule has 2 aliphatic rings. The number of amidine groups is 1. The fourth-order valence-corrected chi connectivity index (χ4v) is 5.10. The van der Waals surface area contributed by atoms with E-state index in [1.54, 1.807) is 7.11 Å². The van der Waals surface area contributed by atoms with Crippen molar-refractivity contribution in [3.8, 4) is 0 Å². The molecule has 2 N–H and O–H groups in total. The third-order valence-corrected chi connectivity index (χ3v) is 6.41. The van der Waals surface area contributed by atoms with Gasteiger partial charge in [0.25, 0.3) is 0 Å². The lowest BCUT2D eigenvalue weighted by atomic mass is 9.74. The van der Waals surface area contributed by atoms with E-state index in [1.807, 2.05) is 18.2 Å². The minimum atomic E-state index is -0.923. The smallest absolute Gasteiger partial charge is 0.154 e. The lowest BCUT2D eigenvalue weighted by Gasteiger charge is -2.46. The molecule has 1 fully saturated rings. The van der Waals surface area contributed by atoms with Crippen LogP contribution in [0.2, 0.25) is 0 Å². The van der Waals surface area contributed by atoms with E-state index in [0.717, 1.165) is 17.2 Å². The summed E-state index contributed by atoms with van der Waals surface area (Å²) >= 11 is 1.47. The van der Waals surface area contributed by atoms with Gasteiger partial charge in [0.15, 0.2) is 5.17 Å². The highest BCUT2D eigenvalue weighted by Crippen LogP contribution is 2.49. The molecule has 28 heavy (non-hydrogen) atoms. The lowest BCUT2D eigenvalue weighted by Crippen LogP contribution is -2.48. The van der Waals surface area contributed by atoms with Crippen LogP contribution in [0.3, 0.4) is 0 Å². The Morgan fingerprint density at radius 1 is 1.29 bits per heavy atom. The average Bonchev–Trinajstić information content (AvgIpc) is 2.68. The first kappa shape index (κ1) is 19.4. The van der Waals surface area contributed by atoms with Gasteiger partial charge in [0.1, 0.15) is 17.2 Å². The van der Waals surface area contributed by atoms with E-state index in [2.05, 4.69) is 11.1 Å². The SMILES string of the molecule is COCc1cccc([C@H]2C[C@H]3CSC(N)=N[C@@]3(c3ccc(F)cc3F)CO2)c1. The van der Waals surface area contributed by atoms with Gasteiger partial charge in [0.2, 0.25) is 0 Å². The Kier molecular flexibility index (Phi) is 5.40. The molecule has 0 unspecified atom stereocenters. The Morgan fingerprint density at radius 2 is 2.14 bits per heavy atom. The number of nitrogens with two attached hydrogens (primary N) is 1. The first-order valence-electron chi connectivity index (χ1n) is 9.15. The maximum Gasteiger partial charge on any atom is 0.154 e.